The maximum Gasteiger partial charge on any atom is 0.335 e. The molecule has 1 aromatic carbocycles. The fourth-order valence-corrected chi connectivity index (χ4v) is 0.851. The molecule has 0 amide bonds. The topological polar surface area (TPSA) is 74.1 Å². The zero-order chi connectivity index (χ0) is 9.14. The molecule has 0 fully saturated rings. The Morgan fingerprint density at radius 3 is 2.67 bits per heavy atom. The van der Waals surface area contributed by atoms with Crippen LogP contribution < -0.4 is 5.32 Å². The summed E-state index contributed by atoms with van der Waals surface area (Å²) in [4.78, 5) is 10.5. The minimum atomic E-state index is -1.02. The summed E-state index contributed by atoms with van der Waals surface area (Å²) in [6.07, 6.45) is 0. The van der Waals surface area contributed by atoms with Crippen molar-refractivity contribution in [1.82, 2.24) is 0 Å². The summed E-state index contributed by atoms with van der Waals surface area (Å²) in [6, 6.07) is 4.04. The molecule has 0 saturated heterocycles. The van der Waals surface area contributed by atoms with Gasteiger partial charge in [-0.15, -0.1) is 7.05 Å². The number of hydrogen-bond acceptors (Lipinski definition) is 2. The number of carboxylic acid groups (broad SMARTS) is 1. The molecule has 1 aromatic rings. The average Bonchev–Trinajstić information content (AvgIpc) is 2.05. The van der Waals surface area contributed by atoms with Gasteiger partial charge in [-0.3, -0.25) is 0 Å². The largest absolute Gasteiger partial charge is 0.503 e. The van der Waals surface area contributed by atoms with E-state index >= 15 is 0 Å². The summed E-state index contributed by atoms with van der Waals surface area (Å²) in [5.74, 6) is -0.979. The highest BCUT2D eigenvalue weighted by atomic mass is 16.4. The zero-order valence-electron chi connectivity index (χ0n) is 6.32. The van der Waals surface area contributed by atoms with Crippen LogP contribution in [0.3, 0.4) is 0 Å². The molecule has 0 radical (unpaired) electrons. The summed E-state index contributed by atoms with van der Waals surface area (Å²) < 4.78 is 0. The molecule has 0 atom stereocenters. The van der Waals surface area contributed by atoms with E-state index in [4.69, 9.17) is 10.2 Å². The van der Waals surface area contributed by atoms with Gasteiger partial charge in [0.05, 0.1) is 5.56 Å². The minimum Gasteiger partial charge on any atom is -0.503 e. The Morgan fingerprint density at radius 1 is 1.50 bits per heavy atom. The molecule has 0 heterocycles. The third-order valence-electron chi connectivity index (χ3n) is 1.49. The van der Waals surface area contributed by atoms with Crippen molar-refractivity contribution in [2.45, 2.75) is 0 Å². The van der Waals surface area contributed by atoms with E-state index in [1.54, 1.807) is 0 Å². The maximum absolute atomic E-state index is 10.5. The van der Waals surface area contributed by atoms with Gasteiger partial charge in [-0.05, 0) is 12.1 Å². The van der Waals surface area contributed by atoms with Crippen LogP contribution in [0.5, 0.6) is 5.75 Å². The van der Waals surface area contributed by atoms with Crippen LogP contribution in [-0.4, -0.2) is 16.2 Å². The highest BCUT2D eigenvalue weighted by molar-refractivity contribution is 5.88. The number of benzene rings is 1. The van der Waals surface area contributed by atoms with Crippen LogP contribution in [-0.2, 0) is 0 Å². The van der Waals surface area contributed by atoms with E-state index in [2.05, 4.69) is 7.05 Å². The van der Waals surface area contributed by atoms with Crippen LogP contribution in [0.25, 0.3) is 0 Å². The van der Waals surface area contributed by atoms with Crippen LogP contribution >= 0.6 is 0 Å². The van der Waals surface area contributed by atoms with Crippen molar-refractivity contribution < 1.29 is 20.3 Å². The number of aromatic carboxylic acids is 1. The van der Waals surface area contributed by atoms with Gasteiger partial charge in [0.15, 0.2) is 5.75 Å². The fourth-order valence-electron chi connectivity index (χ4n) is 0.851. The molecule has 0 aromatic heterocycles. The fraction of sp³-hybridized carbons (Fsp3) is 0. The summed E-state index contributed by atoms with van der Waals surface area (Å²) >= 11 is 0. The molecule has 0 unspecified atom stereocenters. The second-order valence-electron chi connectivity index (χ2n) is 2.28. The highest BCUT2D eigenvalue weighted by Crippen LogP contribution is 2.19. The number of phenolic OH excluding ortho intramolecular Hbond substituents is 1. The van der Waals surface area contributed by atoms with Gasteiger partial charge in [0.25, 0.3) is 0 Å². The van der Waals surface area contributed by atoms with Gasteiger partial charge in [-0.1, -0.05) is 0 Å². The Labute approximate surface area is 69.5 Å². The standard InChI is InChI=1S/C8H9NO3/c1-9-6-4-5(8(11)12)2-3-7(6)10/h2-4,10H,1,9H2,(H,11,12). The first kappa shape index (κ1) is 8.55. The monoisotopic (exact) mass is 167 g/mol. The summed E-state index contributed by atoms with van der Waals surface area (Å²) in [7, 11) is 3.44. The molecule has 0 aliphatic rings. The van der Waals surface area contributed by atoms with Gasteiger partial charge in [-0.2, -0.15) is 0 Å². The molecule has 4 N–H and O–H groups in total. The molecular formula is C8H9NO3. The molecule has 4 heteroatoms. The van der Waals surface area contributed by atoms with E-state index in [0.29, 0.717) is 5.69 Å². The van der Waals surface area contributed by atoms with E-state index in [9.17, 15) is 4.79 Å². The van der Waals surface area contributed by atoms with Gasteiger partial charge in [-0.25, -0.2) is 4.79 Å². The van der Waals surface area contributed by atoms with Crippen molar-refractivity contribution in [1.29, 1.82) is 0 Å². The number of hydrogen-bond donors (Lipinski definition) is 3. The van der Waals surface area contributed by atoms with Crippen molar-refractivity contribution >= 4 is 11.7 Å². The Morgan fingerprint density at radius 2 is 2.17 bits per heavy atom. The number of nitrogens with two attached hydrogens (primary N) is 1. The lowest BCUT2D eigenvalue weighted by Gasteiger charge is -2.02. The normalized spacial score (nSPS) is 9.75. The molecule has 1 rings (SSSR count). The van der Waals surface area contributed by atoms with Crippen molar-refractivity contribution in [3.05, 3.63) is 30.8 Å². The highest BCUT2D eigenvalue weighted by Gasteiger charge is 2.07. The number of carbonyl (C=O) groups is 1. The minimum absolute atomic E-state index is 0.0370. The summed E-state index contributed by atoms with van der Waals surface area (Å²) in [6.45, 7) is 0. The van der Waals surface area contributed by atoms with Gasteiger partial charge < -0.3 is 15.5 Å². The second kappa shape index (κ2) is 3.23. The van der Waals surface area contributed by atoms with Gasteiger partial charge >= 0.3 is 5.97 Å². The SMILES string of the molecule is [CH2-][NH2+]c1cc(C(=O)O)ccc1O. The molecule has 0 bridgehead atoms. The zero-order valence-corrected chi connectivity index (χ0v) is 6.32. The van der Waals surface area contributed by atoms with Crippen LogP contribution in [0.15, 0.2) is 18.2 Å². The van der Waals surface area contributed by atoms with Gasteiger partial charge in [0.2, 0.25) is 0 Å². The molecular weight excluding hydrogens is 158 g/mol. The van der Waals surface area contributed by atoms with Crippen LogP contribution in [0.1, 0.15) is 10.4 Å². The van der Waals surface area contributed by atoms with E-state index in [0.717, 1.165) is 0 Å². The van der Waals surface area contributed by atoms with E-state index < -0.39 is 5.97 Å². The van der Waals surface area contributed by atoms with Gasteiger partial charge in [0, 0.05) is 6.07 Å². The first-order chi connectivity index (χ1) is 5.65. The van der Waals surface area contributed by atoms with Crippen molar-refractivity contribution in [3.63, 3.8) is 0 Å². The molecule has 0 saturated carbocycles. The van der Waals surface area contributed by atoms with Crippen molar-refractivity contribution in [3.8, 4) is 5.75 Å². The van der Waals surface area contributed by atoms with Crippen molar-refractivity contribution in [2.75, 3.05) is 0 Å². The predicted octanol–water partition coefficient (Wildman–Crippen LogP) is 0.0769. The molecule has 64 valence electrons. The predicted molar refractivity (Wildman–Crippen MR) is 42.0 cm³/mol. The number of rotatable bonds is 2. The summed E-state index contributed by atoms with van der Waals surface area (Å²) in [5, 5.41) is 19.1. The first-order valence-corrected chi connectivity index (χ1v) is 3.34. The molecule has 0 aliphatic heterocycles. The lowest BCUT2D eigenvalue weighted by atomic mass is 10.2. The number of aromatic hydroxyl groups is 1. The van der Waals surface area contributed by atoms with Crippen LogP contribution in [0.4, 0.5) is 5.69 Å². The molecule has 0 aliphatic carbocycles. The summed E-state index contributed by atoms with van der Waals surface area (Å²) in [5.41, 5.74) is 0.567. The number of phenols is 1. The third-order valence-corrected chi connectivity index (χ3v) is 1.49. The van der Waals surface area contributed by atoms with Gasteiger partial charge in [0.1, 0.15) is 5.69 Å². The number of quaternary nitrogens is 1. The van der Waals surface area contributed by atoms with E-state index in [-0.39, 0.29) is 11.3 Å². The lowest BCUT2D eigenvalue weighted by molar-refractivity contribution is -0.505. The van der Waals surface area contributed by atoms with Crippen molar-refractivity contribution in [2.24, 2.45) is 0 Å². The Hall–Kier alpha value is -1.55. The molecule has 0 spiro atoms. The third kappa shape index (κ3) is 1.54. The second-order valence-corrected chi connectivity index (χ2v) is 2.28. The quantitative estimate of drug-likeness (QED) is 0.331. The van der Waals surface area contributed by atoms with Crippen LogP contribution in [0, 0.1) is 7.05 Å². The molecule has 4 nitrogen and oxygen atoms in total. The van der Waals surface area contributed by atoms with Crippen LogP contribution in [0.2, 0.25) is 0 Å². The lowest BCUT2D eigenvalue weighted by Crippen LogP contribution is -2.69. The van der Waals surface area contributed by atoms with E-state index in [1.165, 1.54) is 23.5 Å². The Kier molecular flexibility index (Phi) is 2.30. The van der Waals surface area contributed by atoms with E-state index in [1.807, 2.05) is 0 Å². The number of carboxylic acids is 1. The molecule has 12 heavy (non-hydrogen) atoms. The first-order valence-electron chi connectivity index (χ1n) is 3.34. The Bertz CT molecular complexity index is 309. The Balaban J connectivity index is 3.13. The smallest absolute Gasteiger partial charge is 0.335 e. The maximum atomic E-state index is 10.5. The average molecular weight is 167 g/mol.